The van der Waals surface area contributed by atoms with Gasteiger partial charge in [0.25, 0.3) is 5.91 Å². The number of ether oxygens (including phenoxy) is 1. The number of carbonyl (C=O) groups is 1. The van der Waals surface area contributed by atoms with Crippen LogP contribution < -0.4 is 4.74 Å². The van der Waals surface area contributed by atoms with Gasteiger partial charge in [-0.25, -0.2) is 9.97 Å². The van der Waals surface area contributed by atoms with Gasteiger partial charge in [0.2, 0.25) is 0 Å². The number of likely N-dealkylation sites (tertiary alicyclic amines) is 1. The summed E-state index contributed by atoms with van der Waals surface area (Å²) in [6, 6.07) is 7.50. The average molecular weight is 380 g/mol. The third-order valence-corrected chi connectivity index (χ3v) is 5.63. The Balaban J connectivity index is 1.51. The van der Waals surface area contributed by atoms with Crippen molar-refractivity contribution in [2.75, 3.05) is 33.3 Å². The number of fused-ring (bicyclic) bond motifs is 1. The summed E-state index contributed by atoms with van der Waals surface area (Å²) in [6.45, 7) is 5.87. The first kappa shape index (κ1) is 18.9. The van der Waals surface area contributed by atoms with Crippen molar-refractivity contribution in [2.45, 2.75) is 38.6 Å². The molecule has 0 spiro atoms. The highest BCUT2D eigenvalue weighted by Gasteiger charge is 2.29. The smallest absolute Gasteiger partial charge is 0.257 e. The standard InChI is InChI=1S/C22H28N4O2/c1-3-28-20-9-5-4-8-18(20)22(27)26-11-6-7-16(15-26)21-23-13-17-14-25(2)12-10-19(17)24-21/h4-5,8-9,13,16H,3,6-7,10-12,14-15H2,1-2H3. The van der Waals surface area contributed by atoms with Crippen molar-refractivity contribution in [3.8, 4) is 5.75 Å². The first-order valence-electron chi connectivity index (χ1n) is 10.2. The van der Waals surface area contributed by atoms with Crippen LogP contribution in [-0.2, 0) is 13.0 Å². The fraction of sp³-hybridized carbons (Fsp3) is 0.500. The second-order valence-corrected chi connectivity index (χ2v) is 7.71. The Bertz CT molecular complexity index is 854. The predicted molar refractivity (Wildman–Crippen MR) is 108 cm³/mol. The summed E-state index contributed by atoms with van der Waals surface area (Å²) >= 11 is 0. The van der Waals surface area contributed by atoms with Gasteiger partial charge in [-0.1, -0.05) is 12.1 Å². The van der Waals surface area contributed by atoms with Crippen molar-refractivity contribution in [3.63, 3.8) is 0 Å². The van der Waals surface area contributed by atoms with Gasteiger partial charge in [-0.05, 0) is 38.9 Å². The summed E-state index contributed by atoms with van der Waals surface area (Å²) in [7, 11) is 2.13. The maximum atomic E-state index is 13.1. The number of piperidine rings is 1. The molecule has 0 saturated carbocycles. The van der Waals surface area contributed by atoms with E-state index in [4.69, 9.17) is 9.72 Å². The summed E-state index contributed by atoms with van der Waals surface area (Å²) in [4.78, 5) is 26.9. The molecule has 1 saturated heterocycles. The van der Waals surface area contributed by atoms with Crippen LogP contribution in [0.15, 0.2) is 30.5 Å². The number of amides is 1. The fourth-order valence-corrected chi connectivity index (χ4v) is 4.14. The molecule has 3 heterocycles. The van der Waals surface area contributed by atoms with Crippen LogP contribution in [0, 0.1) is 0 Å². The number of carbonyl (C=O) groups excluding carboxylic acids is 1. The van der Waals surface area contributed by atoms with Gasteiger partial charge >= 0.3 is 0 Å². The molecule has 1 atom stereocenters. The zero-order valence-corrected chi connectivity index (χ0v) is 16.7. The van der Waals surface area contributed by atoms with Gasteiger partial charge in [-0.3, -0.25) is 4.79 Å². The number of hydrogen-bond donors (Lipinski definition) is 0. The average Bonchev–Trinajstić information content (AvgIpc) is 2.73. The van der Waals surface area contributed by atoms with Crippen molar-refractivity contribution in [1.29, 1.82) is 0 Å². The molecule has 0 bridgehead atoms. The van der Waals surface area contributed by atoms with E-state index in [0.29, 0.717) is 24.5 Å². The molecule has 2 aliphatic rings. The molecule has 0 aliphatic carbocycles. The van der Waals surface area contributed by atoms with Crippen LogP contribution in [0.1, 0.15) is 53.1 Å². The summed E-state index contributed by atoms with van der Waals surface area (Å²) in [5, 5.41) is 0. The highest BCUT2D eigenvalue weighted by atomic mass is 16.5. The molecule has 2 aromatic rings. The van der Waals surface area contributed by atoms with Gasteiger partial charge in [0, 0.05) is 56.0 Å². The van der Waals surface area contributed by atoms with E-state index in [1.807, 2.05) is 42.3 Å². The van der Waals surface area contributed by atoms with E-state index in [9.17, 15) is 4.79 Å². The van der Waals surface area contributed by atoms with E-state index in [0.717, 1.165) is 44.7 Å². The monoisotopic (exact) mass is 380 g/mol. The van der Waals surface area contributed by atoms with Gasteiger partial charge in [-0.2, -0.15) is 0 Å². The minimum Gasteiger partial charge on any atom is -0.493 e. The molecule has 2 aliphatic heterocycles. The lowest BCUT2D eigenvalue weighted by atomic mass is 9.95. The quantitative estimate of drug-likeness (QED) is 0.816. The Hall–Kier alpha value is -2.47. The minimum absolute atomic E-state index is 0.0355. The molecule has 0 N–H and O–H groups in total. The highest BCUT2D eigenvalue weighted by molar-refractivity contribution is 5.97. The maximum Gasteiger partial charge on any atom is 0.257 e. The molecule has 148 valence electrons. The molecule has 6 heteroatoms. The van der Waals surface area contributed by atoms with Gasteiger partial charge < -0.3 is 14.5 Å². The van der Waals surface area contributed by atoms with E-state index in [2.05, 4.69) is 16.9 Å². The van der Waals surface area contributed by atoms with Crippen LogP contribution in [0.5, 0.6) is 5.75 Å². The van der Waals surface area contributed by atoms with E-state index < -0.39 is 0 Å². The fourth-order valence-electron chi connectivity index (χ4n) is 4.14. The second-order valence-electron chi connectivity index (χ2n) is 7.71. The Labute approximate surface area is 166 Å². The van der Waals surface area contributed by atoms with Crippen LogP contribution in [0.3, 0.4) is 0 Å². The largest absolute Gasteiger partial charge is 0.493 e. The third kappa shape index (κ3) is 3.87. The first-order chi connectivity index (χ1) is 13.7. The van der Waals surface area contributed by atoms with Crippen molar-refractivity contribution in [3.05, 3.63) is 53.1 Å². The normalized spacial score (nSPS) is 19.9. The molecular weight excluding hydrogens is 352 g/mol. The molecule has 0 radical (unpaired) electrons. The summed E-state index contributed by atoms with van der Waals surface area (Å²) in [5.74, 6) is 1.78. The molecular formula is C22H28N4O2. The summed E-state index contributed by atoms with van der Waals surface area (Å²) in [6.07, 6.45) is 4.95. The molecule has 1 amide bonds. The van der Waals surface area contributed by atoms with Gasteiger partial charge in [-0.15, -0.1) is 0 Å². The molecule has 1 aromatic carbocycles. The zero-order valence-electron chi connectivity index (χ0n) is 16.7. The molecule has 4 rings (SSSR count). The van der Waals surface area contributed by atoms with Crippen LogP contribution >= 0.6 is 0 Å². The van der Waals surface area contributed by atoms with E-state index in [-0.39, 0.29) is 11.8 Å². The Morgan fingerprint density at radius 1 is 1.29 bits per heavy atom. The highest BCUT2D eigenvalue weighted by Crippen LogP contribution is 2.28. The van der Waals surface area contributed by atoms with Gasteiger partial charge in [0.15, 0.2) is 0 Å². The number of rotatable bonds is 4. The zero-order chi connectivity index (χ0) is 19.5. The van der Waals surface area contributed by atoms with Crippen LogP contribution in [-0.4, -0.2) is 59.0 Å². The van der Waals surface area contributed by atoms with Gasteiger partial charge in [0.05, 0.1) is 12.2 Å². The van der Waals surface area contributed by atoms with Crippen molar-refractivity contribution >= 4 is 5.91 Å². The SMILES string of the molecule is CCOc1ccccc1C(=O)N1CCCC(c2ncc3c(n2)CCN(C)C3)C1. The number of aromatic nitrogens is 2. The molecule has 1 unspecified atom stereocenters. The Kier molecular flexibility index (Phi) is 5.57. The summed E-state index contributed by atoms with van der Waals surface area (Å²) < 4.78 is 5.66. The maximum absolute atomic E-state index is 13.1. The lowest BCUT2D eigenvalue weighted by Gasteiger charge is -2.33. The summed E-state index contributed by atoms with van der Waals surface area (Å²) in [5.41, 5.74) is 3.04. The van der Waals surface area contributed by atoms with Crippen LogP contribution in [0.2, 0.25) is 0 Å². The van der Waals surface area contributed by atoms with Crippen molar-refractivity contribution < 1.29 is 9.53 Å². The first-order valence-corrected chi connectivity index (χ1v) is 10.2. The minimum atomic E-state index is 0.0355. The van der Waals surface area contributed by atoms with Crippen molar-refractivity contribution in [2.24, 2.45) is 0 Å². The Morgan fingerprint density at radius 3 is 3.00 bits per heavy atom. The van der Waals surface area contributed by atoms with Gasteiger partial charge in [0.1, 0.15) is 11.6 Å². The third-order valence-electron chi connectivity index (χ3n) is 5.63. The second kappa shape index (κ2) is 8.27. The number of benzene rings is 1. The molecule has 6 nitrogen and oxygen atoms in total. The number of nitrogens with zero attached hydrogens (tertiary/aromatic N) is 4. The topological polar surface area (TPSA) is 58.6 Å². The van der Waals surface area contributed by atoms with Crippen LogP contribution in [0.25, 0.3) is 0 Å². The molecule has 1 fully saturated rings. The number of hydrogen-bond acceptors (Lipinski definition) is 5. The predicted octanol–water partition coefficient (Wildman–Crippen LogP) is 2.88. The van der Waals surface area contributed by atoms with Crippen molar-refractivity contribution in [1.82, 2.24) is 19.8 Å². The molecule has 1 aromatic heterocycles. The lowest BCUT2D eigenvalue weighted by Crippen LogP contribution is -2.40. The molecule has 28 heavy (non-hydrogen) atoms. The number of likely N-dealkylation sites (N-methyl/N-ethyl adjacent to an activating group) is 1. The van der Waals surface area contributed by atoms with E-state index >= 15 is 0 Å². The van der Waals surface area contributed by atoms with Crippen LogP contribution in [0.4, 0.5) is 0 Å². The van der Waals surface area contributed by atoms with E-state index in [1.54, 1.807) is 0 Å². The number of para-hydroxylation sites is 1. The lowest BCUT2D eigenvalue weighted by molar-refractivity contribution is 0.0700. The Morgan fingerprint density at radius 2 is 2.14 bits per heavy atom. The van der Waals surface area contributed by atoms with E-state index in [1.165, 1.54) is 11.3 Å².